The second-order valence-corrected chi connectivity index (χ2v) is 4.29. The van der Waals surface area contributed by atoms with Gasteiger partial charge in [-0.05, 0) is 30.0 Å². The zero-order chi connectivity index (χ0) is 11.4. The van der Waals surface area contributed by atoms with E-state index in [-0.39, 0.29) is 5.82 Å². The molecule has 84 valence electrons. The van der Waals surface area contributed by atoms with E-state index in [1.807, 2.05) is 25.1 Å². The fourth-order valence-electron chi connectivity index (χ4n) is 1.91. The summed E-state index contributed by atoms with van der Waals surface area (Å²) >= 11 is 0. The summed E-state index contributed by atoms with van der Waals surface area (Å²) < 4.78 is 13.1. The molecular weight excluding hydrogens is 189 g/mol. The number of nitrogens with zero attached hydrogens (tertiary/aromatic N) is 1. The zero-order valence-corrected chi connectivity index (χ0v) is 10.0. The molecule has 0 radical (unpaired) electrons. The van der Waals surface area contributed by atoms with E-state index in [0.717, 1.165) is 18.5 Å². The monoisotopic (exact) mass is 209 g/mol. The molecule has 0 aromatic heterocycles. The van der Waals surface area contributed by atoms with Crippen molar-refractivity contribution < 1.29 is 4.39 Å². The lowest BCUT2D eigenvalue weighted by Crippen LogP contribution is -2.12. The van der Waals surface area contributed by atoms with Crippen LogP contribution in [0.2, 0.25) is 0 Å². The Bertz CT molecular complexity index is 320. The van der Waals surface area contributed by atoms with Crippen LogP contribution < -0.4 is 4.90 Å². The SMILES string of the molecule is CCCC(C)c1ccc(F)cc1N(C)C. The molecule has 2 heteroatoms. The van der Waals surface area contributed by atoms with Crippen LogP contribution in [0.1, 0.15) is 38.2 Å². The van der Waals surface area contributed by atoms with Crippen molar-refractivity contribution in [3.63, 3.8) is 0 Å². The van der Waals surface area contributed by atoms with Crippen LogP contribution >= 0.6 is 0 Å². The van der Waals surface area contributed by atoms with Crippen LogP contribution in [0.15, 0.2) is 18.2 Å². The summed E-state index contributed by atoms with van der Waals surface area (Å²) in [6, 6.07) is 5.07. The smallest absolute Gasteiger partial charge is 0.125 e. The highest BCUT2D eigenvalue weighted by Crippen LogP contribution is 2.29. The number of anilines is 1. The molecule has 1 atom stereocenters. The molecule has 1 unspecified atom stereocenters. The van der Waals surface area contributed by atoms with E-state index >= 15 is 0 Å². The third kappa shape index (κ3) is 2.95. The minimum Gasteiger partial charge on any atom is -0.377 e. The second-order valence-electron chi connectivity index (χ2n) is 4.29. The van der Waals surface area contributed by atoms with E-state index in [0.29, 0.717) is 5.92 Å². The third-order valence-corrected chi connectivity index (χ3v) is 2.73. The van der Waals surface area contributed by atoms with Gasteiger partial charge in [-0.1, -0.05) is 26.3 Å². The van der Waals surface area contributed by atoms with Gasteiger partial charge in [-0.25, -0.2) is 4.39 Å². The summed E-state index contributed by atoms with van der Waals surface area (Å²) in [5.41, 5.74) is 2.24. The number of benzene rings is 1. The molecule has 1 rings (SSSR count). The Morgan fingerprint density at radius 1 is 1.33 bits per heavy atom. The number of hydrogen-bond acceptors (Lipinski definition) is 1. The quantitative estimate of drug-likeness (QED) is 0.729. The zero-order valence-electron chi connectivity index (χ0n) is 10.0. The Hall–Kier alpha value is -1.05. The van der Waals surface area contributed by atoms with Crippen LogP contribution in [0.3, 0.4) is 0 Å². The Morgan fingerprint density at radius 2 is 2.00 bits per heavy atom. The molecule has 0 saturated carbocycles. The Labute approximate surface area is 91.9 Å². The molecule has 0 heterocycles. The Balaban J connectivity index is 3.05. The van der Waals surface area contributed by atoms with E-state index in [1.165, 1.54) is 5.56 Å². The predicted molar refractivity (Wildman–Crippen MR) is 64.1 cm³/mol. The molecule has 0 fully saturated rings. The van der Waals surface area contributed by atoms with Crippen molar-refractivity contribution in [2.24, 2.45) is 0 Å². The summed E-state index contributed by atoms with van der Waals surface area (Å²) in [7, 11) is 3.91. The topological polar surface area (TPSA) is 3.24 Å². The van der Waals surface area contributed by atoms with Crippen molar-refractivity contribution in [1.29, 1.82) is 0 Å². The average Bonchev–Trinajstić information content (AvgIpc) is 2.17. The van der Waals surface area contributed by atoms with E-state index in [9.17, 15) is 4.39 Å². The number of hydrogen-bond donors (Lipinski definition) is 0. The van der Waals surface area contributed by atoms with Gasteiger partial charge >= 0.3 is 0 Å². The Morgan fingerprint density at radius 3 is 2.53 bits per heavy atom. The van der Waals surface area contributed by atoms with Crippen molar-refractivity contribution in [2.75, 3.05) is 19.0 Å². The van der Waals surface area contributed by atoms with Gasteiger partial charge in [-0.15, -0.1) is 0 Å². The van der Waals surface area contributed by atoms with E-state index in [2.05, 4.69) is 13.8 Å². The Kier molecular flexibility index (Phi) is 4.13. The van der Waals surface area contributed by atoms with Gasteiger partial charge in [-0.2, -0.15) is 0 Å². The van der Waals surface area contributed by atoms with E-state index in [1.54, 1.807) is 12.1 Å². The minimum atomic E-state index is -0.161. The lowest BCUT2D eigenvalue weighted by Gasteiger charge is -2.21. The standard InChI is InChI=1S/C13H20FN/c1-5-6-10(2)12-8-7-11(14)9-13(12)15(3)4/h7-10H,5-6H2,1-4H3. The van der Waals surface area contributed by atoms with Crippen LogP contribution in [0.4, 0.5) is 10.1 Å². The van der Waals surface area contributed by atoms with E-state index < -0.39 is 0 Å². The molecule has 0 spiro atoms. The summed E-state index contributed by atoms with van der Waals surface area (Å²) in [4.78, 5) is 1.98. The maximum absolute atomic E-state index is 13.1. The van der Waals surface area contributed by atoms with Gasteiger partial charge in [-0.3, -0.25) is 0 Å². The van der Waals surface area contributed by atoms with Crippen molar-refractivity contribution in [1.82, 2.24) is 0 Å². The fraction of sp³-hybridized carbons (Fsp3) is 0.538. The predicted octanol–water partition coefficient (Wildman–Crippen LogP) is 3.80. The first kappa shape index (κ1) is 12.0. The first-order valence-corrected chi connectivity index (χ1v) is 5.53. The highest BCUT2D eigenvalue weighted by molar-refractivity contribution is 5.54. The molecule has 0 aliphatic carbocycles. The first-order chi connectivity index (χ1) is 7.06. The molecule has 15 heavy (non-hydrogen) atoms. The fourth-order valence-corrected chi connectivity index (χ4v) is 1.91. The molecule has 0 aliphatic heterocycles. The average molecular weight is 209 g/mol. The second kappa shape index (κ2) is 5.15. The van der Waals surface area contributed by atoms with Gasteiger partial charge in [0, 0.05) is 19.8 Å². The van der Waals surface area contributed by atoms with Gasteiger partial charge in [0.25, 0.3) is 0 Å². The van der Waals surface area contributed by atoms with Gasteiger partial charge in [0.1, 0.15) is 5.82 Å². The molecule has 0 N–H and O–H groups in total. The lowest BCUT2D eigenvalue weighted by molar-refractivity contribution is 0.621. The van der Waals surface area contributed by atoms with Crippen molar-refractivity contribution in [3.8, 4) is 0 Å². The molecule has 0 amide bonds. The van der Waals surface area contributed by atoms with Gasteiger partial charge in [0.15, 0.2) is 0 Å². The molecule has 1 aromatic rings. The molecule has 1 nitrogen and oxygen atoms in total. The normalized spacial score (nSPS) is 12.6. The molecule has 0 bridgehead atoms. The minimum absolute atomic E-state index is 0.161. The van der Waals surface area contributed by atoms with Crippen LogP contribution in [-0.4, -0.2) is 14.1 Å². The maximum Gasteiger partial charge on any atom is 0.125 e. The number of halogens is 1. The first-order valence-electron chi connectivity index (χ1n) is 5.53. The van der Waals surface area contributed by atoms with Crippen LogP contribution in [0.25, 0.3) is 0 Å². The van der Waals surface area contributed by atoms with Crippen molar-refractivity contribution in [3.05, 3.63) is 29.6 Å². The summed E-state index contributed by atoms with van der Waals surface area (Å²) in [5, 5.41) is 0. The van der Waals surface area contributed by atoms with Crippen molar-refractivity contribution >= 4 is 5.69 Å². The van der Waals surface area contributed by atoms with Crippen LogP contribution in [0, 0.1) is 5.82 Å². The van der Waals surface area contributed by atoms with Gasteiger partial charge in [0.05, 0.1) is 0 Å². The van der Waals surface area contributed by atoms with Crippen LogP contribution in [0.5, 0.6) is 0 Å². The molecule has 0 saturated heterocycles. The summed E-state index contributed by atoms with van der Waals surface area (Å²) in [5.74, 6) is 0.333. The summed E-state index contributed by atoms with van der Waals surface area (Å²) in [6.45, 7) is 4.37. The molecular formula is C13H20FN. The van der Waals surface area contributed by atoms with E-state index in [4.69, 9.17) is 0 Å². The van der Waals surface area contributed by atoms with Crippen LogP contribution in [-0.2, 0) is 0 Å². The highest BCUT2D eigenvalue weighted by atomic mass is 19.1. The molecule has 1 aromatic carbocycles. The largest absolute Gasteiger partial charge is 0.377 e. The highest BCUT2D eigenvalue weighted by Gasteiger charge is 2.12. The lowest BCUT2D eigenvalue weighted by atomic mass is 9.94. The number of rotatable bonds is 4. The summed E-state index contributed by atoms with van der Waals surface area (Å²) in [6.07, 6.45) is 2.30. The van der Waals surface area contributed by atoms with Crippen molar-refractivity contribution in [2.45, 2.75) is 32.6 Å². The van der Waals surface area contributed by atoms with Gasteiger partial charge < -0.3 is 4.90 Å². The molecule has 0 aliphatic rings. The maximum atomic E-state index is 13.1. The third-order valence-electron chi connectivity index (χ3n) is 2.73. The van der Waals surface area contributed by atoms with Gasteiger partial charge in [0.2, 0.25) is 0 Å².